The topological polar surface area (TPSA) is 90.3 Å². The molecule has 0 saturated carbocycles. The number of morpholine rings is 1. The first-order chi connectivity index (χ1) is 9.36. The van der Waals surface area contributed by atoms with Gasteiger partial charge in [0.15, 0.2) is 0 Å². The monoisotopic (exact) mass is 281 g/mol. The molecule has 19 heavy (non-hydrogen) atoms. The van der Waals surface area contributed by atoms with Crippen molar-refractivity contribution in [2.45, 2.75) is 6.42 Å². The Labute approximate surface area is 114 Å². The molecule has 102 valence electrons. The Kier molecular flexibility index (Phi) is 3.72. The van der Waals surface area contributed by atoms with Crippen molar-refractivity contribution in [1.82, 2.24) is 15.1 Å². The van der Waals surface area contributed by atoms with Crippen LogP contribution in [0.2, 0.25) is 0 Å². The van der Waals surface area contributed by atoms with Crippen LogP contribution in [0.5, 0.6) is 0 Å². The van der Waals surface area contributed by atoms with Crippen molar-refractivity contribution in [3.05, 3.63) is 10.4 Å². The van der Waals surface area contributed by atoms with E-state index in [0.717, 1.165) is 30.2 Å². The number of aromatic nitrogens is 3. The van der Waals surface area contributed by atoms with Crippen molar-refractivity contribution < 1.29 is 9.26 Å². The quantitative estimate of drug-likeness (QED) is 0.874. The van der Waals surface area contributed by atoms with Gasteiger partial charge in [0.2, 0.25) is 0 Å². The highest BCUT2D eigenvalue weighted by Crippen LogP contribution is 2.22. The van der Waals surface area contributed by atoms with Crippen LogP contribution in [0.4, 0.5) is 5.95 Å². The number of thiazole rings is 1. The molecule has 2 aromatic heterocycles. The minimum Gasteiger partial charge on any atom is -0.378 e. The second-order valence-electron chi connectivity index (χ2n) is 4.16. The van der Waals surface area contributed by atoms with E-state index < -0.39 is 0 Å². The molecule has 0 aliphatic carbocycles. The number of hydrogen-bond acceptors (Lipinski definition) is 8. The maximum absolute atomic E-state index is 5.51. The van der Waals surface area contributed by atoms with Crippen molar-refractivity contribution in [2.75, 3.05) is 37.7 Å². The van der Waals surface area contributed by atoms with Crippen molar-refractivity contribution in [1.29, 1.82) is 0 Å². The average molecular weight is 281 g/mol. The molecule has 0 aromatic carbocycles. The van der Waals surface area contributed by atoms with Gasteiger partial charge in [0.05, 0.1) is 18.2 Å². The van der Waals surface area contributed by atoms with Crippen molar-refractivity contribution in [3.8, 4) is 11.6 Å². The number of rotatable bonds is 4. The summed E-state index contributed by atoms with van der Waals surface area (Å²) in [5.41, 5.74) is 6.23. The lowest BCUT2D eigenvalue weighted by molar-refractivity contribution is 0.121. The fourth-order valence-corrected chi connectivity index (χ4v) is 2.65. The maximum atomic E-state index is 5.51. The minimum absolute atomic E-state index is 0.459. The first-order valence-electron chi connectivity index (χ1n) is 6.18. The molecular formula is C11H15N5O2S. The highest BCUT2D eigenvalue weighted by Gasteiger charge is 2.19. The Bertz CT molecular complexity index is 535. The second kappa shape index (κ2) is 5.64. The van der Waals surface area contributed by atoms with E-state index in [0.29, 0.717) is 31.6 Å². The van der Waals surface area contributed by atoms with Crippen molar-refractivity contribution in [2.24, 2.45) is 5.73 Å². The van der Waals surface area contributed by atoms with Gasteiger partial charge in [0, 0.05) is 24.9 Å². The zero-order valence-corrected chi connectivity index (χ0v) is 11.2. The van der Waals surface area contributed by atoms with Gasteiger partial charge in [-0.3, -0.25) is 0 Å². The van der Waals surface area contributed by atoms with Gasteiger partial charge in [-0.25, -0.2) is 4.98 Å². The molecule has 2 aromatic rings. The molecule has 0 bridgehead atoms. The van der Waals surface area contributed by atoms with Gasteiger partial charge in [-0.2, -0.15) is 4.98 Å². The van der Waals surface area contributed by atoms with Crippen LogP contribution in [0.1, 0.15) is 5.01 Å². The van der Waals surface area contributed by atoms with E-state index in [4.69, 9.17) is 15.0 Å². The highest BCUT2D eigenvalue weighted by atomic mass is 32.1. The first kappa shape index (κ1) is 12.5. The Balaban J connectivity index is 1.75. The lowest BCUT2D eigenvalue weighted by Crippen LogP contribution is -2.36. The molecule has 0 atom stereocenters. The van der Waals surface area contributed by atoms with Crippen molar-refractivity contribution in [3.63, 3.8) is 0 Å². The van der Waals surface area contributed by atoms with Gasteiger partial charge in [-0.15, -0.1) is 11.3 Å². The third kappa shape index (κ3) is 2.75. The summed E-state index contributed by atoms with van der Waals surface area (Å²) in [6.45, 7) is 3.56. The zero-order valence-electron chi connectivity index (χ0n) is 10.4. The Hall–Kier alpha value is -1.51. The Morgan fingerprint density at radius 2 is 2.16 bits per heavy atom. The van der Waals surface area contributed by atoms with Gasteiger partial charge < -0.3 is 19.9 Å². The lowest BCUT2D eigenvalue weighted by Gasteiger charge is -2.24. The second-order valence-corrected chi connectivity index (χ2v) is 5.11. The standard InChI is InChI=1S/C11H15N5O2S/c12-2-1-9-13-8(7-19-9)10-14-11(15-18-10)16-3-5-17-6-4-16/h7H,1-6,12H2. The van der Waals surface area contributed by atoms with Crippen LogP contribution >= 0.6 is 11.3 Å². The first-order valence-corrected chi connectivity index (χ1v) is 7.06. The van der Waals surface area contributed by atoms with Crippen molar-refractivity contribution >= 4 is 17.3 Å². The molecule has 0 unspecified atom stereocenters. The molecule has 1 fully saturated rings. The van der Waals surface area contributed by atoms with E-state index in [1.165, 1.54) is 0 Å². The molecule has 1 saturated heterocycles. The normalized spacial score (nSPS) is 15.9. The van der Waals surface area contributed by atoms with E-state index in [1.54, 1.807) is 11.3 Å². The predicted octanol–water partition coefficient (Wildman–Crippen LogP) is 0.531. The number of ether oxygens (including phenoxy) is 1. The van der Waals surface area contributed by atoms with Gasteiger partial charge in [0.25, 0.3) is 11.8 Å². The van der Waals surface area contributed by atoms with Crippen LogP contribution in [0.3, 0.4) is 0 Å². The molecule has 0 spiro atoms. The van der Waals surface area contributed by atoms with Gasteiger partial charge in [0.1, 0.15) is 5.69 Å². The van der Waals surface area contributed by atoms with E-state index in [9.17, 15) is 0 Å². The Morgan fingerprint density at radius 3 is 2.95 bits per heavy atom. The molecule has 1 aliphatic rings. The molecule has 8 heteroatoms. The largest absolute Gasteiger partial charge is 0.378 e. The molecule has 2 N–H and O–H groups in total. The fraction of sp³-hybridized carbons (Fsp3) is 0.545. The molecule has 7 nitrogen and oxygen atoms in total. The molecule has 0 amide bonds. The SMILES string of the molecule is NCCc1nc(-c2nc(N3CCOCC3)no2)cs1. The summed E-state index contributed by atoms with van der Waals surface area (Å²) in [4.78, 5) is 10.9. The number of hydrogen-bond donors (Lipinski definition) is 1. The number of anilines is 1. The summed E-state index contributed by atoms with van der Waals surface area (Å²) in [6, 6.07) is 0. The third-order valence-electron chi connectivity index (χ3n) is 2.84. The molecule has 1 aliphatic heterocycles. The van der Waals surface area contributed by atoms with E-state index in [-0.39, 0.29) is 0 Å². The number of nitrogens with two attached hydrogens (primary N) is 1. The zero-order chi connectivity index (χ0) is 13.1. The maximum Gasteiger partial charge on any atom is 0.278 e. The van der Waals surface area contributed by atoms with E-state index in [1.807, 2.05) is 10.3 Å². The van der Waals surface area contributed by atoms with Crippen LogP contribution in [0.15, 0.2) is 9.90 Å². The van der Waals surface area contributed by atoms with Gasteiger partial charge in [-0.1, -0.05) is 0 Å². The fourth-order valence-electron chi connectivity index (χ4n) is 1.86. The summed E-state index contributed by atoms with van der Waals surface area (Å²) in [7, 11) is 0. The molecule has 0 radical (unpaired) electrons. The van der Waals surface area contributed by atoms with E-state index in [2.05, 4.69) is 15.1 Å². The molecular weight excluding hydrogens is 266 g/mol. The molecule has 3 rings (SSSR count). The van der Waals surface area contributed by atoms with Crippen LogP contribution in [-0.4, -0.2) is 48.0 Å². The van der Waals surface area contributed by atoms with Gasteiger partial charge in [-0.05, 0) is 11.7 Å². The third-order valence-corrected chi connectivity index (χ3v) is 3.75. The number of nitrogens with zero attached hydrogens (tertiary/aromatic N) is 4. The summed E-state index contributed by atoms with van der Waals surface area (Å²) in [5.74, 6) is 1.06. The lowest BCUT2D eigenvalue weighted by atomic mass is 10.4. The van der Waals surface area contributed by atoms with Crippen LogP contribution in [0.25, 0.3) is 11.6 Å². The average Bonchev–Trinajstić information content (AvgIpc) is 3.08. The summed E-state index contributed by atoms with van der Waals surface area (Å²) >= 11 is 1.56. The highest BCUT2D eigenvalue weighted by molar-refractivity contribution is 7.09. The molecule has 3 heterocycles. The Morgan fingerprint density at radius 1 is 1.32 bits per heavy atom. The van der Waals surface area contributed by atoms with Crippen LogP contribution < -0.4 is 10.6 Å². The minimum atomic E-state index is 0.459. The van der Waals surface area contributed by atoms with Gasteiger partial charge >= 0.3 is 0 Å². The van der Waals surface area contributed by atoms with Crippen LogP contribution in [-0.2, 0) is 11.2 Å². The summed E-state index contributed by atoms with van der Waals surface area (Å²) in [5, 5.41) is 6.90. The summed E-state index contributed by atoms with van der Waals surface area (Å²) < 4.78 is 10.6. The smallest absolute Gasteiger partial charge is 0.278 e. The van der Waals surface area contributed by atoms with Crippen LogP contribution in [0, 0.1) is 0 Å². The summed E-state index contributed by atoms with van der Waals surface area (Å²) in [6.07, 6.45) is 0.773. The predicted molar refractivity (Wildman–Crippen MR) is 71.2 cm³/mol. The van der Waals surface area contributed by atoms with E-state index >= 15 is 0 Å².